The first-order valence-electron chi connectivity index (χ1n) is 6.35. The molecule has 0 saturated carbocycles. The van der Waals surface area contributed by atoms with E-state index in [2.05, 4.69) is 0 Å². The minimum atomic E-state index is -0.490. The van der Waals surface area contributed by atoms with Crippen LogP contribution in [0.2, 0.25) is 0 Å². The smallest absolute Gasteiger partial charge is 0.270 e. The molecule has 1 aliphatic heterocycles. The van der Waals surface area contributed by atoms with Gasteiger partial charge in [0.05, 0.1) is 4.92 Å². The molecule has 1 heterocycles. The van der Waals surface area contributed by atoms with Crippen LogP contribution < -0.4 is 5.73 Å². The fraction of sp³-hybridized carbons (Fsp3) is 0.462. The molecule has 1 amide bonds. The molecule has 0 aliphatic carbocycles. The quantitative estimate of drug-likeness (QED) is 0.659. The highest BCUT2D eigenvalue weighted by molar-refractivity contribution is 5.94. The lowest BCUT2D eigenvalue weighted by Gasteiger charge is -2.32. The highest BCUT2D eigenvalue weighted by atomic mass is 16.6. The molecule has 0 radical (unpaired) electrons. The third-order valence-corrected chi connectivity index (χ3v) is 3.44. The zero-order valence-electron chi connectivity index (χ0n) is 10.6. The molecular weight excluding hydrogens is 246 g/mol. The average Bonchev–Trinajstić information content (AvgIpc) is 2.46. The van der Waals surface area contributed by atoms with E-state index in [4.69, 9.17) is 5.73 Å². The lowest BCUT2D eigenvalue weighted by molar-refractivity contribution is -0.384. The molecule has 0 spiro atoms. The third-order valence-electron chi connectivity index (χ3n) is 3.44. The Morgan fingerprint density at radius 2 is 2.32 bits per heavy atom. The minimum absolute atomic E-state index is 0.0572. The number of carbonyl (C=O) groups excluding carboxylic acids is 1. The summed E-state index contributed by atoms with van der Waals surface area (Å²) in [5.74, 6) is 0.179. The molecule has 1 aromatic carbocycles. The molecule has 0 aromatic heterocycles. The van der Waals surface area contributed by atoms with E-state index >= 15 is 0 Å². The standard InChI is InChI=1S/C13H17N3O3/c14-8-10-3-2-6-15(9-10)13(17)11-4-1-5-12(7-11)16(18)19/h1,4-5,7,10H,2-3,6,8-9,14H2. The summed E-state index contributed by atoms with van der Waals surface area (Å²) in [4.78, 5) is 24.3. The van der Waals surface area contributed by atoms with Crippen LogP contribution in [0.1, 0.15) is 23.2 Å². The molecule has 1 fully saturated rings. The van der Waals surface area contributed by atoms with E-state index in [0.717, 1.165) is 12.8 Å². The van der Waals surface area contributed by atoms with E-state index in [9.17, 15) is 14.9 Å². The maximum atomic E-state index is 12.3. The summed E-state index contributed by atoms with van der Waals surface area (Å²) >= 11 is 0. The van der Waals surface area contributed by atoms with Crippen molar-refractivity contribution in [1.29, 1.82) is 0 Å². The van der Waals surface area contributed by atoms with Crippen molar-refractivity contribution in [2.24, 2.45) is 11.7 Å². The number of nitro benzene ring substituents is 1. The van der Waals surface area contributed by atoms with Gasteiger partial charge in [-0.3, -0.25) is 14.9 Å². The molecule has 1 saturated heterocycles. The molecule has 6 heteroatoms. The molecule has 1 atom stereocenters. The number of carbonyl (C=O) groups is 1. The van der Waals surface area contributed by atoms with Gasteiger partial charge in [-0.05, 0) is 31.4 Å². The normalized spacial score (nSPS) is 19.2. The topological polar surface area (TPSA) is 89.5 Å². The zero-order valence-corrected chi connectivity index (χ0v) is 10.6. The molecule has 1 aromatic rings. The first-order valence-corrected chi connectivity index (χ1v) is 6.35. The van der Waals surface area contributed by atoms with Crippen LogP contribution in [0.25, 0.3) is 0 Å². The highest BCUT2D eigenvalue weighted by Crippen LogP contribution is 2.20. The van der Waals surface area contributed by atoms with Crippen molar-refractivity contribution in [1.82, 2.24) is 4.90 Å². The van der Waals surface area contributed by atoms with Crippen LogP contribution in [0.5, 0.6) is 0 Å². The van der Waals surface area contributed by atoms with Crippen molar-refractivity contribution in [2.75, 3.05) is 19.6 Å². The van der Waals surface area contributed by atoms with E-state index in [-0.39, 0.29) is 11.6 Å². The number of nitrogens with two attached hydrogens (primary N) is 1. The van der Waals surface area contributed by atoms with Crippen LogP contribution in [0.15, 0.2) is 24.3 Å². The highest BCUT2D eigenvalue weighted by Gasteiger charge is 2.24. The number of benzene rings is 1. The summed E-state index contributed by atoms with van der Waals surface area (Å²) in [6.45, 7) is 1.90. The number of hydrogen-bond acceptors (Lipinski definition) is 4. The molecular formula is C13H17N3O3. The van der Waals surface area contributed by atoms with Gasteiger partial charge in [-0.2, -0.15) is 0 Å². The van der Waals surface area contributed by atoms with Crippen molar-refractivity contribution in [3.63, 3.8) is 0 Å². The number of rotatable bonds is 3. The molecule has 2 rings (SSSR count). The van der Waals surface area contributed by atoms with Gasteiger partial charge in [0.15, 0.2) is 0 Å². The number of piperidine rings is 1. The van der Waals surface area contributed by atoms with Gasteiger partial charge in [0, 0.05) is 30.8 Å². The van der Waals surface area contributed by atoms with Crippen molar-refractivity contribution >= 4 is 11.6 Å². The van der Waals surface area contributed by atoms with E-state index in [1.54, 1.807) is 11.0 Å². The number of hydrogen-bond donors (Lipinski definition) is 1. The Morgan fingerprint density at radius 3 is 3.00 bits per heavy atom. The maximum Gasteiger partial charge on any atom is 0.270 e. The predicted octanol–water partition coefficient (Wildman–Crippen LogP) is 1.41. The number of nitro groups is 1. The first-order chi connectivity index (χ1) is 9.11. The largest absolute Gasteiger partial charge is 0.338 e. The Bertz CT molecular complexity index is 490. The number of non-ortho nitro benzene ring substituents is 1. The van der Waals surface area contributed by atoms with Gasteiger partial charge in [0.2, 0.25) is 0 Å². The Kier molecular flexibility index (Phi) is 4.11. The number of amides is 1. The minimum Gasteiger partial charge on any atom is -0.338 e. The van der Waals surface area contributed by atoms with Crippen molar-refractivity contribution in [2.45, 2.75) is 12.8 Å². The lowest BCUT2D eigenvalue weighted by atomic mass is 9.97. The average molecular weight is 263 g/mol. The van der Waals surface area contributed by atoms with Crippen LogP contribution in [0, 0.1) is 16.0 Å². The molecule has 19 heavy (non-hydrogen) atoms. The monoisotopic (exact) mass is 263 g/mol. The Labute approximate surface area is 111 Å². The van der Waals surface area contributed by atoms with E-state index in [1.807, 2.05) is 0 Å². The maximum absolute atomic E-state index is 12.3. The van der Waals surface area contributed by atoms with E-state index in [0.29, 0.717) is 31.1 Å². The van der Waals surface area contributed by atoms with Gasteiger partial charge >= 0.3 is 0 Å². The van der Waals surface area contributed by atoms with Crippen LogP contribution in [0.3, 0.4) is 0 Å². The Hall–Kier alpha value is -1.95. The molecule has 1 unspecified atom stereocenters. The second kappa shape index (κ2) is 5.79. The van der Waals surface area contributed by atoms with Gasteiger partial charge in [-0.25, -0.2) is 0 Å². The van der Waals surface area contributed by atoms with Gasteiger partial charge in [-0.1, -0.05) is 6.07 Å². The fourth-order valence-electron chi connectivity index (χ4n) is 2.38. The second-order valence-electron chi connectivity index (χ2n) is 4.80. The molecule has 6 nitrogen and oxygen atoms in total. The van der Waals surface area contributed by atoms with E-state index in [1.165, 1.54) is 18.2 Å². The van der Waals surface area contributed by atoms with Gasteiger partial charge in [-0.15, -0.1) is 0 Å². The van der Waals surface area contributed by atoms with Crippen molar-refractivity contribution in [3.8, 4) is 0 Å². The molecule has 2 N–H and O–H groups in total. The first kappa shape index (κ1) is 13.5. The number of nitrogens with zero attached hydrogens (tertiary/aromatic N) is 2. The second-order valence-corrected chi connectivity index (χ2v) is 4.80. The zero-order chi connectivity index (χ0) is 13.8. The van der Waals surface area contributed by atoms with Crippen LogP contribution in [-0.4, -0.2) is 35.4 Å². The fourth-order valence-corrected chi connectivity index (χ4v) is 2.38. The summed E-state index contributed by atoms with van der Waals surface area (Å²) in [6.07, 6.45) is 1.97. The summed E-state index contributed by atoms with van der Waals surface area (Å²) in [5, 5.41) is 10.7. The van der Waals surface area contributed by atoms with Gasteiger partial charge < -0.3 is 10.6 Å². The van der Waals surface area contributed by atoms with E-state index < -0.39 is 4.92 Å². The van der Waals surface area contributed by atoms with Gasteiger partial charge in [0.25, 0.3) is 11.6 Å². The van der Waals surface area contributed by atoms with Gasteiger partial charge in [0.1, 0.15) is 0 Å². The molecule has 0 bridgehead atoms. The lowest BCUT2D eigenvalue weighted by Crippen LogP contribution is -2.42. The SMILES string of the molecule is NCC1CCCN(C(=O)c2cccc([N+](=O)[O-])c2)C1. The Balaban J connectivity index is 2.14. The van der Waals surface area contributed by atoms with Crippen molar-refractivity contribution < 1.29 is 9.72 Å². The molecule has 102 valence electrons. The summed E-state index contributed by atoms with van der Waals surface area (Å²) in [6, 6.07) is 5.86. The number of likely N-dealkylation sites (tertiary alicyclic amines) is 1. The predicted molar refractivity (Wildman–Crippen MR) is 70.8 cm³/mol. The van der Waals surface area contributed by atoms with Crippen molar-refractivity contribution in [3.05, 3.63) is 39.9 Å². The van der Waals surface area contributed by atoms with Crippen LogP contribution >= 0.6 is 0 Å². The van der Waals surface area contributed by atoms with Crippen LogP contribution in [0.4, 0.5) is 5.69 Å². The molecule has 1 aliphatic rings. The third kappa shape index (κ3) is 3.08. The summed E-state index contributed by atoms with van der Waals surface area (Å²) < 4.78 is 0. The summed E-state index contributed by atoms with van der Waals surface area (Å²) in [7, 11) is 0. The van der Waals surface area contributed by atoms with Crippen LogP contribution in [-0.2, 0) is 0 Å². The Morgan fingerprint density at radius 1 is 1.53 bits per heavy atom. The summed E-state index contributed by atoms with van der Waals surface area (Å²) in [5.41, 5.74) is 5.95.